The average molecular weight is 271 g/mol. The molecule has 0 bridgehead atoms. The minimum absolute atomic E-state index is 0.00245. The highest BCUT2D eigenvalue weighted by atomic mass is 32.2. The molecular formula is C10H13N3O4S. The van der Waals surface area contributed by atoms with E-state index in [0.717, 1.165) is 18.9 Å². The van der Waals surface area contributed by atoms with Crippen LogP contribution >= 0.6 is 0 Å². The lowest BCUT2D eigenvalue weighted by molar-refractivity contribution is -0.385. The molecular weight excluding hydrogens is 258 g/mol. The zero-order valence-electron chi connectivity index (χ0n) is 9.71. The molecule has 0 atom stereocenters. The van der Waals surface area contributed by atoms with Crippen LogP contribution in [0.25, 0.3) is 0 Å². The molecule has 1 aliphatic rings. The lowest BCUT2D eigenvalue weighted by atomic mass is 10.3. The first-order chi connectivity index (χ1) is 8.23. The number of non-ortho nitro benzene ring substituents is 1. The predicted molar refractivity (Wildman–Crippen MR) is 65.5 cm³/mol. The van der Waals surface area contributed by atoms with Gasteiger partial charge in [-0.05, 0) is 25.8 Å². The number of nitrogen functional groups attached to an aromatic ring is 1. The van der Waals surface area contributed by atoms with E-state index in [0.29, 0.717) is 0 Å². The maximum atomic E-state index is 12.1. The Labute approximate surface area is 104 Å². The van der Waals surface area contributed by atoms with Gasteiger partial charge in [0.2, 0.25) is 10.0 Å². The number of rotatable bonds is 4. The van der Waals surface area contributed by atoms with Gasteiger partial charge in [0, 0.05) is 17.7 Å². The van der Waals surface area contributed by atoms with Crippen molar-refractivity contribution in [3.63, 3.8) is 0 Å². The molecule has 0 aromatic heterocycles. The van der Waals surface area contributed by atoms with Crippen molar-refractivity contribution < 1.29 is 13.3 Å². The Morgan fingerprint density at radius 3 is 2.56 bits per heavy atom. The second-order valence-corrected chi connectivity index (χ2v) is 6.30. The van der Waals surface area contributed by atoms with E-state index in [9.17, 15) is 18.5 Å². The van der Waals surface area contributed by atoms with Crippen molar-refractivity contribution >= 4 is 21.4 Å². The summed E-state index contributed by atoms with van der Waals surface area (Å²) in [5.74, 6) is 0. The van der Waals surface area contributed by atoms with Crippen LogP contribution in [-0.4, -0.2) is 18.9 Å². The number of nitrogens with zero attached hydrogens (tertiary/aromatic N) is 1. The summed E-state index contributed by atoms with van der Waals surface area (Å²) in [4.78, 5) is 9.74. The minimum atomic E-state index is -3.82. The number of nitrogens with two attached hydrogens (primary N) is 1. The number of benzene rings is 1. The molecule has 1 fully saturated rings. The van der Waals surface area contributed by atoms with Crippen LogP contribution in [0.5, 0.6) is 0 Å². The first-order valence-corrected chi connectivity index (χ1v) is 6.80. The van der Waals surface area contributed by atoms with Crippen molar-refractivity contribution in [1.29, 1.82) is 0 Å². The summed E-state index contributed by atoms with van der Waals surface area (Å²) in [5, 5.41) is 10.6. The first kappa shape index (κ1) is 12.8. The lowest BCUT2D eigenvalue weighted by Crippen LogP contribution is -2.34. The molecule has 0 radical (unpaired) electrons. The molecule has 0 amide bonds. The highest BCUT2D eigenvalue weighted by Gasteiger charge is 2.41. The van der Waals surface area contributed by atoms with Crippen LogP contribution < -0.4 is 10.5 Å². The molecule has 8 heteroatoms. The van der Waals surface area contributed by atoms with Gasteiger partial charge < -0.3 is 5.73 Å². The van der Waals surface area contributed by atoms with Crippen LogP contribution in [0.4, 0.5) is 11.4 Å². The first-order valence-electron chi connectivity index (χ1n) is 5.31. The maximum Gasteiger partial charge on any atom is 0.270 e. The third kappa shape index (κ3) is 2.44. The second kappa shape index (κ2) is 3.92. The number of nitro groups is 1. The van der Waals surface area contributed by atoms with Gasteiger partial charge in [0.1, 0.15) is 4.90 Å². The standard InChI is InChI=1S/C10H13N3O4S/c1-10(4-5-10)12-18(16,17)9-6-7(13(14)15)2-3-8(9)11/h2-3,6,12H,4-5,11H2,1H3. The molecule has 0 spiro atoms. The summed E-state index contributed by atoms with van der Waals surface area (Å²) < 4.78 is 26.6. The van der Waals surface area contributed by atoms with Crippen LogP contribution in [0.1, 0.15) is 19.8 Å². The van der Waals surface area contributed by atoms with Crippen molar-refractivity contribution in [3.05, 3.63) is 28.3 Å². The molecule has 3 N–H and O–H groups in total. The number of hydrogen-bond acceptors (Lipinski definition) is 5. The summed E-state index contributed by atoms with van der Waals surface area (Å²) in [6.45, 7) is 1.78. The van der Waals surface area contributed by atoms with E-state index in [2.05, 4.69) is 4.72 Å². The monoisotopic (exact) mass is 271 g/mol. The fraction of sp³-hybridized carbons (Fsp3) is 0.400. The molecule has 0 unspecified atom stereocenters. The summed E-state index contributed by atoms with van der Waals surface area (Å²) in [6, 6.07) is 3.37. The van der Waals surface area contributed by atoms with Crippen LogP contribution in [0.3, 0.4) is 0 Å². The number of nitrogens with one attached hydrogen (secondary N) is 1. The SMILES string of the molecule is CC1(NS(=O)(=O)c2cc([N+](=O)[O-])ccc2N)CC1. The van der Waals surface area contributed by atoms with E-state index >= 15 is 0 Å². The molecule has 1 aliphatic carbocycles. The predicted octanol–water partition coefficient (Wildman–Crippen LogP) is 1.01. The fourth-order valence-corrected chi connectivity index (χ4v) is 3.16. The van der Waals surface area contributed by atoms with Gasteiger partial charge in [-0.3, -0.25) is 10.1 Å². The molecule has 2 rings (SSSR count). The van der Waals surface area contributed by atoms with Gasteiger partial charge in [-0.25, -0.2) is 13.1 Å². The molecule has 1 aromatic carbocycles. The summed E-state index contributed by atoms with van der Waals surface area (Å²) in [5.41, 5.74) is 4.82. The number of sulfonamides is 1. The number of anilines is 1. The van der Waals surface area contributed by atoms with Crippen LogP contribution in [0, 0.1) is 10.1 Å². The number of hydrogen-bond donors (Lipinski definition) is 2. The highest BCUT2D eigenvalue weighted by Crippen LogP contribution is 2.36. The van der Waals surface area contributed by atoms with E-state index in [1.165, 1.54) is 12.1 Å². The van der Waals surface area contributed by atoms with Gasteiger partial charge in [-0.1, -0.05) is 0 Å². The van der Waals surface area contributed by atoms with Gasteiger partial charge in [-0.2, -0.15) is 0 Å². The molecule has 0 saturated heterocycles. The summed E-state index contributed by atoms with van der Waals surface area (Å²) in [6.07, 6.45) is 1.50. The molecule has 98 valence electrons. The van der Waals surface area contributed by atoms with Gasteiger partial charge in [0.25, 0.3) is 5.69 Å². The van der Waals surface area contributed by atoms with E-state index in [4.69, 9.17) is 5.73 Å². The Balaban J connectivity index is 2.43. The van der Waals surface area contributed by atoms with E-state index in [1.807, 2.05) is 0 Å². The van der Waals surface area contributed by atoms with Gasteiger partial charge in [0.15, 0.2) is 0 Å². The zero-order valence-corrected chi connectivity index (χ0v) is 10.5. The molecule has 0 heterocycles. The summed E-state index contributed by atoms with van der Waals surface area (Å²) in [7, 11) is -3.82. The van der Waals surface area contributed by atoms with Crippen LogP contribution in [0.2, 0.25) is 0 Å². The molecule has 7 nitrogen and oxygen atoms in total. The van der Waals surface area contributed by atoms with Crippen molar-refractivity contribution in [1.82, 2.24) is 4.72 Å². The Morgan fingerprint density at radius 1 is 1.44 bits per heavy atom. The number of nitro benzene ring substituents is 1. The lowest BCUT2D eigenvalue weighted by Gasteiger charge is -2.13. The third-order valence-corrected chi connectivity index (χ3v) is 4.57. The van der Waals surface area contributed by atoms with Gasteiger partial charge in [0.05, 0.1) is 10.6 Å². The van der Waals surface area contributed by atoms with E-state index < -0.39 is 20.5 Å². The maximum absolute atomic E-state index is 12.1. The van der Waals surface area contributed by atoms with Crippen molar-refractivity contribution in [3.8, 4) is 0 Å². The molecule has 1 saturated carbocycles. The molecule has 0 aliphatic heterocycles. The average Bonchev–Trinajstić information content (AvgIpc) is 2.94. The normalized spacial score (nSPS) is 17.4. The van der Waals surface area contributed by atoms with Crippen molar-refractivity contribution in [2.75, 3.05) is 5.73 Å². The third-order valence-electron chi connectivity index (χ3n) is 2.88. The van der Waals surface area contributed by atoms with E-state index in [-0.39, 0.29) is 16.3 Å². The Bertz CT molecular complexity index is 608. The highest BCUT2D eigenvalue weighted by molar-refractivity contribution is 7.89. The summed E-state index contributed by atoms with van der Waals surface area (Å²) >= 11 is 0. The van der Waals surface area contributed by atoms with Crippen LogP contribution in [-0.2, 0) is 10.0 Å². The fourth-order valence-electron chi connectivity index (χ4n) is 1.54. The molecule has 18 heavy (non-hydrogen) atoms. The van der Waals surface area contributed by atoms with E-state index in [1.54, 1.807) is 6.92 Å². The Kier molecular flexibility index (Phi) is 2.78. The quantitative estimate of drug-likeness (QED) is 0.481. The van der Waals surface area contributed by atoms with Crippen molar-refractivity contribution in [2.45, 2.75) is 30.2 Å². The van der Waals surface area contributed by atoms with Crippen molar-refractivity contribution in [2.24, 2.45) is 0 Å². The Morgan fingerprint density at radius 2 is 2.06 bits per heavy atom. The zero-order chi connectivity index (χ0) is 13.6. The van der Waals surface area contributed by atoms with Crippen LogP contribution in [0.15, 0.2) is 23.1 Å². The minimum Gasteiger partial charge on any atom is -0.398 e. The smallest absolute Gasteiger partial charge is 0.270 e. The van der Waals surface area contributed by atoms with Gasteiger partial charge in [-0.15, -0.1) is 0 Å². The largest absolute Gasteiger partial charge is 0.398 e. The van der Waals surface area contributed by atoms with Gasteiger partial charge >= 0.3 is 0 Å². The topological polar surface area (TPSA) is 115 Å². The molecule has 1 aromatic rings. The Hall–Kier alpha value is -1.67. The second-order valence-electron chi connectivity index (χ2n) is 4.65.